The lowest BCUT2D eigenvalue weighted by molar-refractivity contribution is 0.526. The molecule has 2 aromatic rings. The predicted molar refractivity (Wildman–Crippen MR) is 99.8 cm³/mol. The van der Waals surface area contributed by atoms with Gasteiger partial charge in [-0.2, -0.15) is 12.7 Å². The topological polar surface area (TPSA) is 71.4 Å². The minimum atomic E-state index is -3.74. The van der Waals surface area contributed by atoms with E-state index in [0.29, 0.717) is 11.1 Å². The Kier molecular flexibility index (Phi) is 5.66. The number of hydrogen-bond acceptors (Lipinski definition) is 3. The van der Waals surface area contributed by atoms with Gasteiger partial charge in [0.1, 0.15) is 5.82 Å². The summed E-state index contributed by atoms with van der Waals surface area (Å²) in [5, 5.41) is 0. The molecule has 0 aliphatic rings. The highest BCUT2D eigenvalue weighted by molar-refractivity contribution is 14.1. The Bertz CT molecular complexity index is 926. The number of hydrogen-bond donors (Lipinski definition) is 1. The normalized spacial score (nSPS) is 11.8. The molecule has 9 heteroatoms. The number of rotatable bonds is 5. The summed E-state index contributed by atoms with van der Waals surface area (Å²) in [7, 11) is 0.563. The molecule has 2 rings (SSSR count). The Hall–Kier alpha value is -1.46. The Labute approximate surface area is 153 Å². The molecule has 0 unspecified atom stereocenters. The van der Waals surface area contributed by atoms with Gasteiger partial charge >= 0.3 is 10.2 Å². The van der Waals surface area contributed by atoms with Crippen LogP contribution in [0.15, 0.2) is 35.3 Å². The van der Waals surface area contributed by atoms with E-state index >= 15 is 0 Å². The van der Waals surface area contributed by atoms with Gasteiger partial charge in [0.25, 0.3) is 5.56 Å². The zero-order chi connectivity index (χ0) is 18.1. The van der Waals surface area contributed by atoms with Gasteiger partial charge < -0.3 is 4.57 Å². The smallest absolute Gasteiger partial charge is 0.301 e. The number of halogens is 2. The number of pyridine rings is 1. The van der Waals surface area contributed by atoms with Crippen molar-refractivity contribution in [2.24, 2.45) is 7.05 Å². The van der Waals surface area contributed by atoms with Crippen molar-refractivity contribution >= 4 is 38.5 Å². The van der Waals surface area contributed by atoms with Gasteiger partial charge in [-0.15, -0.1) is 0 Å². The zero-order valence-electron chi connectivity index (χ0n) is 13.4. The zero-order valence-corrected chi connectivity index (χ0v) is 16.4. The summed E-state index contributed by atoms with van der Waals surface area (Å²) >= 11 is 2.00. The highest BCUT2D eigenvalue weighted by Gasteiger charge is 2.17. The Morgan fingerprint density at radius 1 is 1.25 bits per heavy atom. The molecule has 0 saturated carbocycles. The third-order valence-corrected chi connectivity index (χ3v) is 5.54. The van der Waals surface area contributed by atoms with E-state index in [-0.39, 0.29) is 17.7 Å². The largest absolute Gasteiger partial charge is 0.316 e. The third-order valence-electron chi connectivity index (χ3n) is 3.43. The van der Waals surface area contributed by atoms with Crippen molar-refractivity contribution in [3.8, 4) is 0 Å². The highest BCUT2D eigenvalue weighted by atomic mass is 127. The van der Waals surface area contributed by atoms with Crippen LogP contribution in [0, 0.1) is 9.39 Å². The van der Waals surface area contributed by atoms with Crippen molar-refractivity contribution < 1.29 is 12.8 Å². The molecule has 130 valence electrons. The molecule has 0 fully saturated rings. The summed E-state index contributed by atoms with van der Waals surface area (Å²) in [5.41, 5.74) is 0.727. The number of benzene rings is 1. The molecule has 1 aromatic heterocycles. The first kappa shape index (κ1) is 18.9. The molecule has 0 aliphatic heterocycles. The molecule has 24 heavy (non-hydrogen) atoms. The van der Waals surface area contributed by atoms with E-state index < -0.39 is 16.0 Å². The highest BCUT2D eigenvalue weighted by Crippen LogP contribution is 2.21. The van der Waals surface area contributed by atoms with Gasteiger partial charge in [0.2, 0.25) is 0 Å². The molecule has 0 amide bonds. The second kappa shape index (κ2) is 7.19. The SMILES string of the molecule is CN(C)S(=O)(=O)Nc1cn(C)c(=O)cc1Cc1ccc(I)cc1F. The van der Waals surface area contributed by atoms with Gasteiger partial charge in [-0.3, -0.25) is 9.52 Å². The maximum absolute atomic E-state index is 14.1. The van der Waals surface area contributed by atoms with Gasteiger partial charge in [0.05, 0.1) is 5.69 Å². The first-order chi connectivity index (χ1) is 11.1. The van der Waals surface area contributed by atoms with Crippen molar-refractivity contribution in [3.05, 3.63) is 61.3 Å². The molecule has 0 atom stereocenters. The number of nitrogens with one attached hydrogen (secondary N) is 1. The second-order valence-electron chi connectivity index (χ2n) is 5.46. The molecule has 0 spiro atoms. The van der Waals surface area contributed by atoms with Crippen LogP contribution in [0.2, 0.25) is 0 Å². The Morgan fingerprint density at radius 2 is 1.92 bits per heavy atom. The number of aryl methyl sites for hydroxylation is 1. The van der Waals surface area contributed by atoms with Crippen LogP contribution in [-0.2, 0) is 23.7 Å². The minimum absolute atomic E-state index is 0.101. The van der Waals surface area contributed by atoms with Crippen molar-refractivity contribution in [2.75, 3.05) is 18.8 Å². The minimum Gasteiger partial charge on any atom is -0.316 e. The van der Waals surface area contributed by atoms with E-state index in [9.17, 15) is 17.6 Å². The van der Waals surface area contributed by atoms with E-state index in [1.807, 2.05) is 22.6 Å². The fraction of sp³-hybridized carbons (Fsp3) is 0.267. The van der Waals surface area contributed by atoms with E-state index in [1.165, 1.54) is 44.0 Å². The Balaban J connectivity index is 2.49. The van der Waals surface area contributed by atoms with Crippen LogP contribution in [0.5, 0.6) is 0 Å². The quantitative estimate of drug-likeness (QED) is 0.687. The lowest BCUT2D eigenvalue weighted by atomic mass is 10.0. The molecule has 0 bridgehead atoms. The van der Waals surface area contributed by atoms with Crippen LogP contribution < -0.4 is 10.3 Å². The standard InChI is InChI=1S/C15H17FIN3O3S/c1-19(2)24(22,23)18-14-9-20(3)15(21)7-11(14)6-10-4-5-12(17)8-13(10)16/h4-5,7-9,18H,6H2,1-3H3. The summed E-state index contributed by atoms with van der Waals surface area (Å²) in [5.74, 6) is -0.399. The van der Waals surface area contributed by atoms with Gasteiger partial charge in [0, 0.05) is 43.4 Å². The second-order valence-corrected chi connectivity index (χ2v) is 8.59. The van der Waals surface area contributed by atoms with Crippen molar-refractivity contribution in [2.45, 2.75) is 6.42 Å². The number of anilines is 1. The summed E-state index contributed by atoms with van der Waals surface area (Å²) < 4.78 is 43.7. The third kappa shape index (κ3) is 4.33. The average Bonchev–Trinajstić information content (AvgIpc) is 2.46. The first-order valence-corrected chi connectivity index (χ1v) is 9.46. The maximum Gasteiger partial charge on any atom is 0.301 e. The van der Waals surface area contributed by atoms with Crippen molar-refractivity contribution in [3.63, 3.8) is 0 Å². The molecular formula is C15H17FIN3O3S. The molecule has 0 aliphatic carbocycles. The average molecular weight is 465 g/mol. The van der Waals surface area contributed by atoms with E-state index in [0.717, 1.165) is 7.88 Å². The number of aromatic nitrogens is 1. The summed E-state index contributed by atoms with van der Waals surface area (Å²) in [6.45, 7) is 0. The molecule has 1 N–H and O–H groups in total. The fourth-order valence-corrected chi connectivity index (χ4v) is 3.10. The summed E-state index contributed by atoms with van der Waals surface area (Å²) in [6, 6.07) is 6.08. The van der Waals surface area contributed by atoms with E-state index in [4.69, 9.17) is 0 Å². The van der Waals surface area contributed by atoms with Crippen LogP contribution in [0.4, 0.5) is 10.1 Å². The van der Waals surface area contributed by atoms with Gasteiger partial charge in [-0.25, -0.2) is 4.39 Å². The lowest BCUT2D eigenvalue weighted by Crippen LogP contribution is -2.30. The fourth-order valence-electron chi connectivity index (χ4n) is 2.01. The maximum atomic E-state index is 14.1. The predicted octanol–water partition coefficient (Wildman–Crippen LogP) is 1.94. The molecular weight excluding hydrogens is 448 g/mol. The molecule has 6 nitrogen and oxygen atoms in total. The summed E-state index contributed by atoms with van der Waals surface area (Å²) in [6.07, 6.45) is 1.49. The number of nitrogens with zero attached hydrogens (tertiary/aromatic N) is 2. The van der Waals surface area contributed by atoms with Crippen LogP contribution in [0.3, 0.4) is 0 Å². The molecule has 1 aromatic carbocycles. The van der Waals surface area contributed by atoms with Gasteiger partial charge in [-0.05, 0) is 45.9 Å². The van der Waals surface area contributed by atoms with Crippen LogP contribution >= 0.6 is 22.6 Å². The monoisotopic (exact) mass is 465 g/mol. The molecule has 1 heterocycles. The molecule has 0 radical (unpaired) electrons. The Morgan fingerprint density at radius 3 is 2.50 bits per heavy atom. The van der Waals surface area contributed by atoms with E-state index in [1.54, 1.807) is 12.1 Å². The first-order valence-electron chi connectivity index (χ1n) is 6.94. The summed E-state index contributed by atoms with van der Waals surface area (Å²) in [4.78, 5) is 11.9. The van der Waals surface area contributed by atoms with Crippen LogP contribution in [0.25, 0.3) is 0 Å². The van der Waals surface area contributed by atoms with Crippen molar-refractivity contribution in [1.82, 2.24) is 8.87 Å². The van der Waals surface area contributed by atoms with Gasteiger partial charge in [-0.1, -0.05) is 6.07 Å². The van der Waals surface area contributed by atoms with Gasteiger partial charge in [0.15, 0.2) is 0 Å². The lowest BCUT2D eigenvalue weighted by Gasteiger charge is -2.17. The van der Waals surface area contributed by atoms with Crippen LogP contribution in [-0.4, -0.2) is 31.4 Å². The molecule has 0 saturated heterocycles. The van der Waals surface area contributed by atoms with Crippen molar-refractivity contribution in [1.29, 1.82) is 0 Å². The van der Waals surface area contributed by atoms with E-state index in [2.05, 4.69) is 4.72 Å². The van der Waals surface area contributed by atoms with Crippen LogP contribution in [0.1, 0.15) is 11.1 Å².